The molecular weight excluding hydrogens is 242 g/mol. The smallest absolute Gasteiger partial charge is 0.328 e. The molecule has 0 aromatic heterocycles. The summed E-state index contributed by atoms with van der Waals surface area (Å²) >= 11 is 0. The summed E-state index contributed by atoms with van der Waals surface area (Å²) < 4.78 is 5.61. The first-order valence-electron chi connectivity index (χ1n) is 6.51. The number of hydrogen-bond donors (Lipinski definition) is 2. The lowest BCUT2D eigenvalue weighted by Gasteiger charge is -2.12. The number of rotatable bonds is 8. The minimum Gasteiger partial charge on any atom is -0.492 e. The van der Waals surface area contributed by atoms with Crippen molar-refractivity contribution < 1.29 is 14.6 Å². The van der Waals surface area contributed by atoms with Crippen molar-refractivity contribution in [2.45, 2.75) is 32.2 Å². The van der Waals surface area contributed by atoms with Gasteiger partial charge in [-0.3, -0.25) is 0 Å². The summed E-state index contributed by atoms with van der Waals surface area (Å²) in [5.41, 5.74) is 6.72. The maximum absolute atomic E-state index is 10.4. The summed E-state index contributed by atoms with van der Waals surface area (Å²) in [5, 5.41) is 8.57. The lowest BCUT2D eigenvalue weighted by atomic mass is 10.1. The third-order valence-corrected chi connectivity index (χ3v) is 2.67. The summed E-state index contributed by atoms with van der Waals surface area (Å²) in [6, 6.07) is 7.33. The molecule has 0 saturated heterocycles. The zero-order valence-corrected chi connectivity index (χ0v) is 11.2. The zero-order valence-electron chi connectivity index (χ0n) is 11.2. The van der Waals surface area contributed by atoms with Crippen LogP contribution in [0.4, 0.5) is 0 Å². The van der Waals surface area contributed by atoms with Gasteiger partial charge in [0, 0.05) is 12.1 Å². The average Bonchev–Trinajstić information content (AvgIpc) is 2.41. The minimum absolute atomic E-state index is 0.0400. The highest BCUT2D eigenvalue weighted by atomic mass is 16.5. The van der Waals surface area contributed by atoms with E-state index in [1.165, 1.54) is 6.08 Å². The van der Waals surface area contributed by atoms with Gasteiger partial charge in [-0.2, -0.15) is 0 Å². The van der Waals surface area contributed by atoms with Gasteiger partial charge in [0.1, 0.15) is 12.4 Å². The first-order valence-corrected chi connectivity index (χ1v) is 6.51. The highest BCUT2D eigenvalue weighted by Gasteiger charge is 2.03. The minimum atomic E-state index is -0.965. The molecule has 0 saturated carbocycles. The maximum atomic E-state index is 10.4. The van der Waals surface area contributed by atoms with E-state index in [0.29, 0.717) is 12.4 Å². The maximum Gasteiger partial charge on any atom is 0.328 e. The van der Waals surface area contributed by atoms with E-state index in [1.807, 2.05) is 18.2 Å². The number of aliphatic carboxylic acids is 1. The SMILES string of the molecule is CCCCC(N)COc1cccc(/C=C/C(=O)O)c1. The first kappa shape index (κ1) is 15.2. The summed E-state index contributed by atoms with van der Waals surface area (Å²) in [5.74, 6) is -0.257. The number of carbonyl (C=O) groups is 1. The number of benzene rings is 1. The lowest BCUT2D eigenvalue weighted by molar-refractivity contribution is -0.131. The molecule has 4 nitrogen and oxygen atoms in total. The Hall–Kier alpha value is -1.81. The van der Waals surface area contributed by atoms with Gasteiger partial charge in [-0.1, -0.05) is 31.9 Å². The molecule has 0 spiro atoms. The van der Waals surface area contributed by atoms with E-state index in [2.05, 4.69) is 6.92 Å². The van der Waals surface area contributed by atoms with E-state index >= 15 is 0 Å². The van der Waals surface area contributed by atoms with Crippen LogP contribution in [0.2, 0.25) is 0 Å². The molecule has 0 radical (unpaired) electrons. The van der Waals surface area contributed by atoms with E-state index in [4.69, 9.17) is 15.6 Å². The molecule has 1 aromatic carbocycles. The van der Waals surface area contributed by atoms with Crippen molar-refractivity contribution in [3.05, 3.63) is 35.9 Å². The fourth-order valence-corrected chi connectivity index (χ4v) is 1.63. The van der Waals surface area contributed by atoms with Crippen LogP contribution < -0.4 is 10.5 Å². The van der Waals surface area contributed by atoms with Crippen molar-refractivity contribution in [3.63, 3.8) is 0 Å². The van der Waals surface area contributed by atoms with Gasteiger partial charge >= 0.3 is 5.97 Å². The highest BCUT2D eigenvalue weighted by Crippen LogP contribution is 2.15. The van der Waals surface area contributed by atoms with Gasteiger partial charge in [0.05, 0.1) is 0 Å². The number of nitrogens with two attached hydrogens (primary N) is 1. The van der Waals surface area contributed by atoms with Gasteiger partial charge in [0.2, 0.25) is 0 Å². The van der Waals surface area contributed by atoms with E-state index in [0.717, 1.165) is 30.9 Å². The van der Waals surface area contributed by atoms with E-state index in [1.54, 1.807) is 6.07 Å². The summed E-state index contributed by atoms with van der Waals surface area (Å²) in [6.07, 6.45) is 5.82. The number of ether oxygens (including phenoxy) is 1. The summed E-state index contributed by atoms with van der Waals surface area (Å²) in [6.45, 7) is 2.61. The molecule has 0 aliphatic carbocycles. The molecule has 3 N–H and O–H groups in total. The number of carboxylic acids is 1. The molecule has 1 rings (SSSR count). The molecule has 0 bridgehead atoms. The van der Waals surface area contributed by atoms with Crippen molar-refractivity contribution in [3.8, 4) is 5.75 Å². The molecular formula is C15H21NO3. The van der Waals surface area contributed by atoms with Gasteiger partial charge in [0.25, 0.3) is 0 Å². The number of hydrogen-bond acceptors (Lipinski definition) is 3. The van der Waals surface area contributed by atoms with Gasteiger partial charge < -0.3 is 15.6 Å². The molecule has 19 heavy (non-hydrogen) atoms. The highest BCUT2D eigenvalue weighted by molar-refractivity contribution is 5.85. The van der Waals surface area contributed by atoms with Crippen LogP contribution in [0.5, 0.6) is 5.75 Å². The lowest BCUT2D eigenvalue weighted by Crippen LogP contribution is -2.27. The Morgan fingerprint density at radius 1 is 1.53 bits per heavy atom. The molecule has 4 heteroatoms. The zero-order chi connectivity index (χ0) is 14.1. The number of unbranched alkanes of at least 4 members (excludes halogenated alkanes) is 1. The molecule has 0 aliphatic heterocycles. The van der Waals surface area contributed by atoms with Crippen molar-refractivity contribution in [1.29, 1.82) is 0 Å². The Morgan fingerprint density at radius 2 is 2.32 bits per heavy atom. The van der Waals surface area contributed by atoms with Crippen molar-refractivity contribution in [2.75, 3.05) is 6.61 Å². The van der Waals surface area contributed by atoms with Crippen LogP contribution >= 0.6 is 0 Å². The Labute approximate surface area is 113 Å². The Kier molecular flexibility index (Phi) is 6.68. The van der Waals surface area contributed by atoms with Crippen LogP contribution in [-0.4, -0.2) is 23.7 Å². The Morgan fingerprint density at radius 3 is 3.00 bits per heavy atom. The third-order valence-electron chi connectivity index (χ3n) is 2.67. The van der Waals surface area contributed by atoms with E-state index in [9.17, 15) is 4.79 Å². The van der Waals surface area contributed by atoms with E-state index < -0.39 is 5.97 Å². The van der Waals surface area contributed by atoms with Gasteiger partial charge in [-0.05, 0) is 30.2 Å². The van der Waals surface area contributed by atoms with Crippen LogP contribution in [0.25, 0.3) is 6.08 Å². The van der Waals surface area contributed by atoms with Gasteiger partial charge in [0.15, 0.2) is 0 Å². The molecule has 1 aromatic rings. The Bertz CT molecular complexity index is 429. The second kappa shape index (κ2) is 8.32. The summed E-state index contributed by atoms with van der Waals surface area (Å²) in [7, 11) is 0. The van der Waals surface area contributed by atoms with E-state index in [-0.39, 0.29) is 6.04 Å². The van der Waals surface area contributed by atoms with Crippen LogP contribution in [-0.2, 0) is 4.79 Å². The van der Waals surface area contributed by atoms with Crippen LogP contribution in [0, 0.1) is 0 Å². The van der Waals surface area contributed by atoms with Crippen LogP contribution in [0.15, 0.2) is 30.3 Å². The second-order valence-electron chi connectivity index (χ2n) is 4.46. The first-order chi connectivity index (χ1) is 9.11. The second-order valence-corrected chi connectivity index (χ2v) is 4.46. The predicted molar refractivity (Wildman–Crippen MR) is 76.1 cm³/mol. The monoisotopic (exact) mass is 263 g/mol. The molecule has 0 amide bonds. The average molecular weight is 263 g/mol. The van der Waals surface area contributed by atoms with Crippen molar-refractivity contribution in [2.24, 2.45) is 5.73 Å². The third kappa shape index (κ3) is 6.62. The predicted octanol–water partition coefficient (Wildman–Crippen LogP) is 2.68. The fraction of sp³-hybridized carbons (Fsp3) is 0.400. The largest absolute Gasteiger partial charge is 0.492 e. The quantitative estimate of drug-likeness (QED) is 0.707. The molecule has 104 valence electrons. The molecule has 0 fully saturated rings. The fourth-order valence-electron chi connectivity index (χ4n) is 1.63. The van der Waals surface area contributed by atoms with Crippen LogP contribution in [0.3, 0.4) is 0 Å². The van der Waals surface area contributed by atoms with Gasteiger partial charge in [-0.25, -0.2) is 4.79 Å². The van der Waals surface area contributed by atoms with Crippen LogP contribution in [0.1, 0.15) is 31.7 Å². The van der Waals surface area contributed by atoms with Crippen molar-refractivity contribution >= 4 is 12.0 Å². The summed E-state index contributed by atoms with van der Waals surface area (Å²) in [4.78, 5) is 10.4. The molecule has 0 heterocycles. The van der Waals surface area contributed by atoms with Gasteiger partial charge in [-0.15, -0.1) is 0 Å². The molecule has 1 atom stereocenters. The molecule has 1 unspecified atom stereocenters. The Balaban J connectivity index is 2.50. The topological polar surface area (TPSA) is 72.5 Å². The standard InChI is InChI=1S/C15H21NO3/c1-2-3-6-13(16)11-19-14-7-4-5-12(10-14)8-9-15(17)18/h4-5,7-10,13H,2-3,6,11,16H2,1H3,(H,17,18)/b9-8+. The number of carboxylic acid groups (broad SMARTS) is 1. The normalized spacial score (nSPS) is 12.5. The molecule has 0 aliphatic rings. The van der Waals surface area contributed by atoms with Crippen molar-refractivity contribution in [1.82, 2.24) is 0 Å².